The van der Waals surface area contributed by atoms with E-state index in [1.54, 1.807) is 0 Å². The number of fused-ring (bicyclic) bond motifs is 1. The van der Waals surface area contributed by atoms with Crippen molar-refractivity contribution in [1.82, 2.24) is 4.98 Å². The lowest BCUT2D eigenvalue weighted by Crippen LogP contribution is -2.05. The average Bonchev–Trinajstić information content (AvgIpc) is 2.35. The Morgan fingerprint density at radius 1 is 1.37 bits per heavy atom. The van der Waals surface area contributed by atoms with E-state index in [1.165, 1.54) is 6.07 Å². The van der Waals surface area contributed by atoms with Gasteiger partial charge in [-0.3, -0.25) is 4.98 Å². The summed E-state index contributed by atoms with van der Waals surface area (Å²) < 4.78 is 27.0. The first-order chi connectivity index (χ1) is 8.93. The van der Waals surface area contributed by atoms with Crippen molar-refractivity contribution in [3.05, 3.63) is 41.1 Å². The molecule has 1 aromatic heterocycles. The highest BCUT2D eigenvalue weighted by Crippen LogP contribution is 2.27. The van der Waals surface area contributed by atoms with E-state index in [2.05, 4.69) is 4.98 Å². The van der Waals surface area contributed by atoms with Crippen molar-refractivity contribution < 1.29 is 18.7 Å². The predicted molar refractivity (Wildman–Crippen MR) is 67.3 cm³/mol. The standard InChI is InChI=1S/C14H13F2NO2/c1-3-7(2)11-6-9(14(18)19)13-10(16)4-8(15)5-12(13)17-11/h4-7H,3H2,1-2H3,(H,18,19). The van der Waals surface area contributed by atoms with Crippen LogP contribution in [0.1, 0.15) is 42.2 Å². The number of aromatic nitrogens is 1. The number of nitrogens with zero attached hydrogens (tertiary/aromatic N) is 1. The molecule has 1 atom stereocenters. The number of rotatable bonds is 3. The first kappa shape index (κ1) is 13.4. The minimum Gasteiger partial charge on any atom is -0.478 e. The van der Waals surface area contributed by atoms with Gasteiger partial charge in [0.05, 0.1) is 16.5 Å². The Morgan fingerprint density at radius 3 is 2.63 bits per heavy atom. The highest BCUT2D eigenvalue weighted by atomic mass is 19.1. The van der Waals surface area contributed by atoms with Gasteiger partial charge in [0.25, 0.3) is 0 Å². The minimum absolute atomic E-state index is 0.0221. The van der Waals surface area contributed by atoms with Crippen molar-refractivity contribution in [2.45, 2.75) is 26.2 Å². The van der Waals surface area contributed by atoms with Gasteiger partial charge in [-0.1, -0.05) is 13.8 Å². The molecule has 0 aliphatic heterocycles. The maximum Gasteiger partial charge on any atom is 0.336 e. The molecule has 5 heteroatoms. The third kappa shape index (κ3) is 2.41. The summed E-state index contributed by atoms with van der Waals surface area (Å²) in [5.41, 5.74) is 0.378. The normalized spacial score (nSPS) is 12.6. The van der Waals surface area contributed by atoms with Gasteiger partial charge in [-0.05, 0) is 18.4 Å². The molecule has 0 fully saturated rings. The van der Waals surface area contributed by atoms with Gasteiger partial charge in [-0.15, -0.1) is 0 Å². The van der Waals surface area contributed by atoms with Crippen molar-refractivity contribution in [2.24, 2.45) is 0 Å². The summed E-state index contributed by atoms with van der Waals surface area (Å²) in [5.74, 6) is -2.90. The SMILES string of the molecule is CCC(C)c1cc(C(=O)O)c2c(F)cc(F)cc2n1. The van der Waals surface area contributed by atoms with Crippen molar-refractivity contribution in [1.29, 1.82) is 0 Å². The molecule has 2 rings (SSSR count). The quantitative estimate of drug-likeness (QED) is 0.920. The summed E-state index contributed by atoms with van der Waals surface area (Å²) in [4.78, 5) is 15.4. The number of carbonyl (C=O) groups is 1. The zero-order valence-electron chi connectivity index (χ0n) is 10.6. The molecule has 0 spiro atoms. The molecule has 3 nitrogen and oxygen atoms in total. The molecular formula is C14H13F2NO2. The third-order valence-electron chi connectivity index (χ3n) is 3.19. The van der Waals surface area contributed by atoms with Crippen LogP contribution in [0.2, 0.25) is 0 Å². The molecule has 1 aromatic carbocycles. The fourth-order valence-electron chi connectivity index (χ4n) is 1.94. The molecular weight excluding hydrogens is 252 g/mol. The van der Waals surface area contributed by atoms with E-state index < -0.39 is 17.6 Å². The third-order valence-corrected chi connectivity index (χ3v) is 3.19. The number of halogens is 2. The second-order valence-corrected chi connectivity index (χ2v) is 4.49. The Labute approximate surface area is 108 Å². The first-order valence-electron chi connectivity index (χ1n) is 5.97. The van der Waals surface area contributed by atoms with Gasteiger partial charge in [0.1, 0.15) is 11.6 Å². The number of hydrogen-bond donors (Lipinski definition) is 1. The molecule has 0 amide bonds. The molecule has 0 radical (unpaired) electrons. The summed E-state index contributed by atoms with van der Waals surface area (Å²) in [5, 5.41) is 9.02. The highest BCUT2D eigenvalue weighted by Gasteiger charge is 2.18. The molecule has 0 saturated heterocycles. The molecule has 0 saturated carbocycles. The monoisotopic (exact) mass is 265 g/mol. The average molecular weight is 265 g/mol. The van der Waals surface area contributed by atoms with E-state index in [0.717, 1.165) is 12.5 Å². The second-order valence-electron chi connectivity index (χ2n) is 4.49. The van der Waals surface area contributed by atoms with E-state index >= 15 is 0 Å². The lowest BCUT2D eigenvalue weighted by atomic mass is 9.99. The lowest BCUT2D eigenvalue weighted by Gasteiger charge is -2.12. The minimum atomic E-state index is -1.25. The first-order valence-corrected chi connectivity index (χ1v) is 5.97. The molecule has 19 heavy (non-hydrogen) atoms. The van der Waals surface area contributed by atoms with Crippen molar-refractivity contribution in [2.75, 3.05) is 0 Å². The maximum absolute atomic E-state index is 13.7. The van der Waals surface area contributed by atoms with E-state index in [1.807, 2.05) is 13.8 Å². The van der Waals surface area contributed by atoms with E-state index in [9.17, 15) is 13.6 Å². The molecule has 100 valence electrons. The van der Waals surface area contributed by atoms with Crippen LogP contribution in [0.15, 0.2) is 18.2 Å². The smallest absolute Gasteiger partial charge is 0.336 e. The zero-order chi connectivity index (χ0) is 14.2. The van der Waals surface area contributed by atoms with Gasteiger partial charge in [0.2, 0.25) is 0 Å². The number of benzene rings is 1. The van der Waals surface area contributed by atoms with Crippen LogP contribution in [-0.2, 0) is 0 Å². The lowest BCUT2D eigenvalue weighted by molar-refractivity contribution is 0.0698. The number of aromatic carboxylic acids is 1. The predicted octanol–water partition coefficient (Wildman–Crippen LogP) is 3.72. The Balaban J connectivity index is 2.83. The van der Waals surface area contributed by atoms with Gasteiger partial charge >= 0.3 is 5.97 Å². The second kappa shape index (κ2) is 4.91. The van der Waals surface area contributed by atoms with Gasteiger partial charge in [0.15, 0.2) is 0 Å². The Bertz CT molecular complexity index is 655. The van der Waals surface area contributed by atoms with Crippen LogP contribution >= 0.6 is 0 Å². The van der Waals surface area contributed by atoms with Crippen LogP contribution in [0, 0.1) is 11.6 Å². The van der Waals surface area contributed by atoms with Crippen LogP contribution in [0.5, 0.6) is 0 Å². The van der Waals surface area contributed by atoms with Crippen molar-refractivity contribution in [3.8, 4) is 0 Å². The summed E-state index contributed by atoms with van der Waals surface area (Å²) in [6, 6.07) is 3.08. The number of pyridine rings is 1. The van der Waals surface area contributed by atoms with Crippen LogP contribution < -0.4 is 0 Å². The number of carboxylic acid groups (broad SMARTS) is 1. The molecule has 0 aliphatic rings. The molecule has 0 bridgehead atoms. The molecule has 0 aliphatic carbocycles. The van der Waals surface area contributed by atoms with Gasteiger partial charge in [-0.2, -0.15) is 0 Å². The molecule has 1 unspecified atom stereocenters. The van der Waals surface area contributed by atoms with Gasteiger partial charge in [0, 0.05) is 17.8 Å². The molecule has 2 aromatic rings. The van der Waals surface area contributed by atoms with Crippen LogP contribution in [0.25, 0.3) is 10.9 Å². The van der Waals surface area contributed by atoms with E-state index in [-0.39, 0.29) is 22.4 Å². The topological polar surface area (TPSA) is 50.2 Å². The van der Waals surface area contributed by atoms with E-state index in [0.29, 0.717) is 11.8 Å². The number of hydrogen-bond acceptors (Lipinski definition) is 2. The zero-order valence-corrected chi connectivity index (χ0v) is 10.6. The van der Waals surface area contributed by atoms with E-state index in [4.69, 9.17) is 5.11 Å². The van der Waals surface area contributed by atoms with Crippen LogP contribution in [0.4, 0.5) is 8.78 Å². The summed E-state index contributed by atoms with van der Waals surface area (Å²) in [7, 11) is 0. The highest BCUT2D eigenvalue weighted by molar-refractivity contribution is 6.02. The summed E-state index contributed by atoms with van der Waals surface area (Å²) in [6.07, 6.45) is 0.759. The van der Waals surface area contributed by atoms with Crippen molar-refractivity contribution in [3.63, 3.8) is 0 Å². The fourth-order valence-corrected chi connectivity index (χ4v) is 1.94. The van der Waals surface area contributed by atoms with Crippen molar-refractivity contribution >= 4 is 16.9 Å². The van der Waals surface area contributed by atoms with Gasteiger partial charge in [-0.25, -0.2) is 13.6 Å². The molecule has 1 N–H and O–H groups in total. The Kier molecular flexibility index (Phi) is 3.46. The fraction of sp³-hybridized carbons (Fsp3) is 0.286. The Morgan fingerprint density at radius 2 is 2.05 bits per heavy atom. The molecule has 1 heterocycles. The van der Waals surface area contributed by atoms with Gasteiger partial charge < -0.3 is 5.11 Å². The largest absolute Gasteiger partial charge is 0.478 e. The van der Waals surface area contributed by atoms with Crippen LogP contribution in [0.3, 0.4) is 0 Å². The maximum atomic E-state index is 13.7. The Hall–Kier alpha value is -2.04. The number of carboxylic acids is 1. The summed E-state index contributed by atoms with van der Waals surface area (Å²) >= 11 is 0. The summed E-state index contributed by atoms with van der Waals surface area (Å²) in [6.45, 7) is 3.82. The van der Waals surface area contributed by atoms with Crippen LogP contribution in [-0.4, -0.2) is 16.1 Å².